The van der Waals surface area contributed by atoms with Crippen molar-refractivity contribution in [2.24, 2.45) is 0 Å². The molecule has 1 aliphatic heterocycles. The fourth-order valence-corrected chi connectivity index (χ4v) is 3.89. The summed E-state index contributed by atoms with van der Waals surface area (Å²) in [6, 6.07) is 15.3. The predicted octanol–water partition coefficient (Wildman–Crippen LogP) is 3.03. The summed E-state index contributed by atoms with van der Waals surface area (Å²) in [5.41, 5.74) is 0.895. The first-order chi connectivity index (χ1) is 13.1. The summed E-state index contributed by atoms with van der Waals surface area (Å²) >= 11 is 1.51. The van der Waals surface area contributed by atoms with Crippen LogP contribution in [0, 0.1) is 0 Å². The van der Waals surface area contributed by atoms with Gasteiger partial charge in [-0.05, 0) is 38.4 Å². The second-order valence-corrected chi connectivity index (χ2v) is 7.63. The van der Waals surface area contributed by atoms with Gasteiger partial charge in [0, 0.05) is 13.1 Å². The van der Waals surface area contributed by atoms with Crippen LogP contribution in [0.5, 0.6) is 11.5 Å². The summed E-state index contributed by atoms with van der Waals surface area (Å²) in [6.45, 7) is 1.46. The highest BCUT2D eigenvalue weighted by Crippen LogP contribution is 2.33. The Labute approximate surface area is 161 Å². The Morgan fingerprint density at radius 1 is 1.11 bits per heavy atom. The second kappa shape index (κ2) is 7.54. The Morgan fingerprint density at radius 3 is 2.63 bits per heavy atom. The van der Waals surface area contributed by atoms with Gasteiger partial charge >= 0.3 is 0 Å². The highest BCUT2D eigenvalue weighted by atomic mass is 32.1. The van der Waals surface area contributed by atoms with Gasteiger partial charge in [0.2, 0.25) is 6.10 Å². The fraction of sp³-hybridized carbons (Fsp3) is 0.300. The van der Waals surface area contributed by atoms with Crippen LogP contribution in [-0.2, 0) is 4.79 Å². The largest absolute Gasteiger partial charge is 0.485 e. The molecule has 0 fully saturated rings. The van der Waals surface area contributed by atoms with Crippen LogP contribution in [-0.4, -0.2) is 55.7 Å². The van der Waals surface area contributed by atoms with Crippen molar-refractivity contribution in [3.8, 4) is 11.5 Å². The number of carbonyl (C=O) groups is 1. The molecular weight excluding hydrogens is 362 g/mol. The van der Waals surface area contributed by atoms with Gasteiger partial charge in [-0.3, -0.25) is 9.69 Å². The molecule has 140 valence electrons. The van der Waals surface area contributed by atoms with E-state index in [2.05, 4.69) is 4.98 Å². The van der Waals surface area contributed by atoms with E-state index in [1.165, 1.54) is 11.3 Å². The zero-order valence-corrected chi connectivity index (χ0v) is 16.1. The number of thiazole rings is 1. The minimum atomic E-state index is -0.686. The monoisotopic (exact) mass is 383 g/mol. The highest BCUT2D eigenvalue weighted by Gasteiger charge is 2.33. The maximum Gasteiger partial charge on any atom is 0.273 e. The van der Waals surface area contributed by atoms with Crippen LogP contribution in [0.3, 0.4) is 0 Å². The summed E-state index contributed by atoms with van der Waals surface area (Å²) in [7, 11) is 3.97. The molecule has 0 unspecified atom stereocenters. The van der Waals surface area contributed by atoms with E-state index in [-0.39, 0.29) is 12.5 Å². The van der Waals surface area contributed by atoms with Crippen molar-refractivity contribution in [3.63, 3.8) is 0 Å². The molecule has 0 bridgehead atoms. The van der Waals surface area contributed by atoms with Gasteiger partial charge in [-0.2, -0.15) is 0 Å². The minimum Gasteiger partial charge on any atom is -0.485 e. The van der Waals surface area contributed by atoms with Crippen LogP contribution < -0.4 is 14.4 Å². The number of ether oxygens (including phenoxy) is 2. The number of rotatable bonds is 5. The standard InChI is InChI=1S/C20H21N3O3S/c1-22(2)11-12-23(20-21-14-7-3-6-10-18(14)27-20)19(24)17-13-25-15-8-4-5-9-16(15)26-17/h3-10,17H,11-13H2,1-2H3/t17-/m1/s1. The van der Waals surface area contributed by atoms with Gasteiger partial charge in [0.15, 0.2) is 16.6 Å². The molecule has 1 atom stereocenters. The third-order valence-corrected chi connectivity index (χ3v) is 5.39. The Hall–Kier alpha value is -2.64. The normalized spacial score (nSPS) is 15.9. The number of fused-ring (bicyclic) bond motifs is 2. The molecule has 1 amide bonds. The first-order valence-corrected chi connectivity index (χ1v) is 9.63. The molecule has 2 aromatic carbocycles. The Bertz CT molecular complexity index is 923. The first kappa shape index (κ1) is 17.8. The highest BCUT2D eigenvalue weighted by molar-refractivity contribution is 7.22. The molecule has 1 aliphatic rings. The molecule has 1 aromatic heterocycles. The average molecular weight is 383 g/mol. The number of amides is 1. The Morgan fingerprint density at radius 2 is 1.85 bits per heavy atom. The Balaban J connectivity index is 1.61. The number of likely N-dealkylation sites (N-methyl/N-ethyl adjacent to an activating group) is 1. The van der Waals surface area contributed by atoms with Crippen LogP contribution in [0.25, 0.3) is 10.2 Å². The number of hydrogen-bond donors (Lipinski definition) is 0. The number of aromatic nitrogens is 1. The average Bonchev–Trinajstić information content (AvgIpc) is 3.11. The zero-order valence-electron chi connectivity index (χ0n) is 15.3. The van der Waals surface area contributed by atoms with Crippen LogP contribution in [0.1, 0.15) is 0 Å². The van der Waals surface area contributed by atoms with Crippen LogP contribution in [0.4, 0.5) is 5.13 Å². The van der Waals surface area contributed by atoms with E-state index in [1.807, 2.05) is 67.5 Å². The maximum atomic E-state index is 13.3. The third-order valence-electron chi connectivity index (χ3n) is 4.33. The number of nitrogens with zero attached hydrogens (tertiary/aromatic N) is 3. The lowest BCUT2D eigenvalue weighted by Crippen LogP contribution is -2.48. The van der Waals surface area contributed by atoms with Gasteiger partial charge in [0.05, 0.1) is 10.2 Å². The summed E-state index contributed by atoms with van der Waals surface area (Å²) in [5.74, 6) is 1.13. The number of anilines is 1. The van der Waals surface area contributed by atoms with Gasteiger partial charge in [0.1, 0.15) is 6.61 Å². The summed E-state index contributed by atoms with van der Waals surface area (Å²) in [4.78, 5) is 21.7. The van der Waals surface area contributed by atoms with E-state index in [4.69, 9.17) is 9.47 Å². The van der Waals surface area contributed by atoms with Crippen molar-refractivity contribution in [2.75, 3.05) is 38.7 Å². The minimum absolute atomic E-state index is 0.134. The second-order valence-electron chi connectivity index (χ2n) is 6.62. The number of hydrogen-bond acceptors (Lipinski definition) is 6. The smallest absolute Gasteiger partial charge is 0.273 e. The molecule has 0 aliphatic carbocycles. The van der Waals surface area contributed by atoms with E-state index in [0.717, 1.165) is 16.8 Å². The molecule has 0 saturated heterocycles. The molecule has 0 spiro atoms. The quantitative estimate of drug-likeness (QED) is 0.678. The summed E-state index contributed by atoms with van der Waals surface area (Å²) in [6.07, 6.45) is -0.686. The molecule has 0 N–H and O–H groups in total. The van der Waals surface area contributed by atoms with Crippen molar-refractivity contribution in [1.82, 2.24) is 9.88 Å². The van der Waals surface area contributed by atoms with E-state index in [1.54, 1.807) is 4.90 Å². The topological polar surface area (TPSA) is 54.9 Å². The molecule has 3 aromatic rings. The molecule has 27 heavy (non-hydrogen) atoms. The molecule has 0 saturated carbocycles. The van der Waals surface area contributed by atoms with Gasteiger partial charge in [0.25, 0.3) is 5.91 Å². The zero-order chi connectivity index (χ0) is 18.8. The van der Waals surface area contributed by atoms with Crippen LogP contribution in [0.2, 0.25) is 0 Å². The van der Waals surface area contributed by atoms with E-state index < -0.39 is 6.10 Å². The SMILES string of the molecule is CN(C)CCN(C(=O)[C@H]1COc2ccccc2O1)c1nc2ccccc2s1. The number of carbonyl (C=O) groups excluding carboxylic acids is 1. The lowest BCUT2D eigenvalue weighted by molar-refractivity contribution is -0.127. The van der Waals surface area contributed by atoms with Crippen molar-refractivity contribution in [1.29, 1.82) is 0 Å². The molecule has 6 nitrogen and oxygen atoms in total. The lowest BCUT2D eigenvalue weighted by Gasteiger charge is -2.30. The van der Waals surface area contributed by atoms with Crippen LogP contribution >= 0.6 is 11.3 Å². The molecule has 4 rings (SSSR count). The molecule has 2 heterocycles. The fourth-order valence-electron chi connectivity index (χ4n) is 2.89. The van der Waals surface area contributed by atoms with Gasteiger partial charge < -0.3 is 14.4 Å². The van der Waals surface area contributed by atoms with Crippen molar-refractivity contribution in [2.45, 2.75) is 6.10 Å². The maximum absolute atomic E-state index is 13.3. The first-order valence-electron chi connectivity index (χ1n) is 8.82. The third kappa shape index (κ3) is 3.74. The molecule has 0 radical (unpaired) electrons. The number of benzene rings is 2. The van der Waals surface area contributed by atoms with E-state index in [0.29, 0.717) is 23.2 Å². The van der Waals surface area contributed by atoms with Gasteiger partial charge in [-0.1, -0.05) is 35.6 Å². The van der Waals surface area contributed by atoms with Crippen molar-refractivity contribution < 1.29 is 14.3 Å². The van der Waals surface area contributed by atoms with E-state index in [9.17, 15) is 4.79 Å². The van der Waals surface area contributed by atoms with Crippen LogP contribution in [0.15, 0.2) is 48.5 Å². The summed E-state index contributed by atoms with van der Waals surface area (Å²) in [5, 5.41) is 0.686. The van der Waals surface area contributed by atoms with Gasteiger partial charge in [-0.25, -0.2) is 4.98 Å². The summed E-state index contributed by atoms with van der Waals surface area (Å²) < 4.78 is 12.7. The number of para-hydroxylation sites is 3. The predicted molar refractivity (Wildman–Crippen MR) is 107 cm³/mol. The lowest BCUT2D eigenvalue weighted by atomic mass is 10.2. The Kier molecular flexibility index (Phi) is 4.96. The van der Waals surface area contributed by atoms with Gasteiger partial charge in [-0.15, -0.1) is 0 Å². The molecular formula is C20H21N3O3S. The molecule has 7 heteroatoms. The van der Waals surface area contributed by atoms with Crippen molar-refractivity contribution >= 4 is 32.6 Å². The van der Waals surface area contributed by atoms with E-state index >= 15 is 0 Å². The van der Waals surface area contributed by atoms with Crippen molar-refractivity contribution in [3.05, 3.63) is 48.5 Å².